The predicted molar refractivity (Wildman–Crippen MR) is 43.6 cm³/mol. The van der Waals surface area contributed by atoms with Crippen LogP contribution in [0.15, 0.2) is 12.7 Å². The van der Waals surface area contributed by atoms with Gasteiger partial charge < -0.3 is 14.7 Å². The van der Waals surface area contributed by atoms with Crippen LogP contribution in [-0.4, -0.2) is 48.3 Å². The van der Waals surface area contributed by atoms with Crippen LogP contribution in [0, 0.1) is 0 Å². The lowest BCUT2D eigenvalue weighted by Gasteiger charge is -2.30. The van der Waals surface area contributed by atoms with Crippen molar-refractivity contribution < 1.29 is 14.6 Å². The van der Waals surface area contributed by atoms with Crippen LogP contribution >= 0.6 is 0 Å². The van der Waals surface area contributed by atoms with E-state index in [9.17, 15) is 4.79 Å². The average Bonchev–Trinajstić information content (AvgIpc) is 2.09. The molecule has 1 aliphatic rings. The zero-order valence-electron chi connectivity index (χ0n) is 6.90. The highest BCUT2D eigenvalue weighted by molar-refractivity contribution is 5.81. The summed E-state index contributed by atoms with van der Waals surface area (Å²) in [7, 11) is 0. The average molecular weight is 171 g/mol. The molecule has 0 saturated carbocycles. The van der Waals surface area contributed by atoms with E-state index < -0.39 is 6.10 Å². The van der Waals surface area contributed by atoms with Gasteiger partial charge in [0.15, 0.2) is 6.10 Å². The minimum Gasteiger partial charge on any atom is -0.393 e. The molecule has 1 atom stereocenters. The highest BCUT2D eigenvalue weighted by atomic mass is 16.5. The van der Waals surface area contributed by atoms with Gasteiger partial charge in [-0.1, -0.05) is 6.08 Å². The molecule has 1 N–H and O–H groups in total. The van der Waals surface area contributed by atoms with Crippen LogP contribution in [0.1, 0.15) is 0 Å². The summed E-state index contributed by atoms with van der Waals surface area (Å²) in [5.41, 5.74) is 0. The zero-order chi connectivity index (χ0) is 8.97. The van der Waals surface area contributed by atoms with Crippen molar-refractivity contribution >= 4 is 5.91 Å². The van der Waals surface area contributed by atoms with Crippen molar-refractivity contribution in [2.75, 3.05) is 26.3 Å². The number of morpholine rings is 1. The number of carbonyl (C=O) groups excluding carboxylic acids is 1. The monoisotopic (exact) mass is 171 g/mol. The Kier molecular flexibility index (Phi) is 3.25. The molecule has 12 heavy (non-hydrogen) atoms. The van der Waals surface area contributed by atoms with Gasteiger partial charge in [-0.25, -0.2) is 0 Å². The Labute approximate surface area is 71.4 Å². The number of hydrogen-bond acceptors (Lipinski definition) is 3. The Morgan fingerprint density at radius 3 is 3.17 bits per heavy atom. The number of ether oxygens (including phenoxy) is 1. The Morgan fingerprint density at radius 2 is 2.58 bits per heavy atom. The molecule has 0 aromatic carbocycles. The minimum absolute atomic E-state index is 0.149. The molecule has 0 aliphatic carbocycles. The smallest absolute Gasteiger partial charge is 0.254 e. The Morgan fingerprint density at radius 1 is 1.83 bits per heavy atom. The fraction of sp³-hybridized carbons (Fsp3) is 0.625. The molecule has 1 amide bonds. The third-order valence-corrected chi connectivity index (χ3v) is 1.78. The quantitative estimate of drug-likeness (QED) is 0.576. The first-order valence-electron chi connectivity index (χ1n) is 3.91. The second-order valence-corrected chi connectivity index (χ2v) is 2.61. The van der Waals surface area contributed by atoms with E-state index in [1.165, 1.54) is 0 Å². The Bertz CT molecular complexity index is 181. The molecule has 0 radical (unpaired) electrons. The van der Waals surface area contributed by atoms with E-state index in [0.29, 0.717) is 19.7 Å². The zero-order valence-corrected chi connectivity index (χ0v) is 6.90. The van der Waals surface area contributed by atoms with Gasteiger partial charge >= 0.3 is 0 Å². The molecule has 4 heteroatoms. The van der Waals surface area contributed by atoms with Gasteiger partial charge in [0.05, 0.1) is 13.2 Å². The first-order chi connectivity index (χ1) is 5.79. The molecule has 1 heterocycles. The van der Waals surface area contributed by atoms with Crippen molar-refractivity contribution in [2.45, 2.75) is 6.10 Å². The summed E-state index contributed by atoms with van der Waals surface area (Å²) in [6.07, 6.45) is 0.996. The summed E-state index contributed by atoms with van der Waals surface area (Å²) in [5.74, 6) is -0.149. The van der Waals surface area contributed by atoms with Crippen LogP contribution in [0.4, 0.5) is 0 Å². The normalized spacial score (nSPS) is 24.2. The lowest BCUT2D eigenvalue weighted by atomic mass is 10.2. The summed E-state index contributed by atoms with van der Waals surface area (Å²) in [5, 5.41) is 8.75. The summed E-state index contributed by atoms with van der Waals surface area (Å²) < 4.78 is 5.04. The van der Waals surface area contributed by atoms with Crippen LogP contribution in [0.3, 0.4) is 0 Å². The maximum absolute atomic E-state index is 11.3. The molecule has 1 saturated heterocycles. The third-order valence-electron chi connectivity index (χ3n) is 1.78. The van der Waals surface area contributed by atoms with Gasteiger partial charge in [0, 0.05) is 13.1 Å². The van der Waals surface area contributed by atoms with Crippen molar-refractivity contribution in [3.8, 4) is 0 Å². The first-order valence-corrected chi connectivity index (χ1v) is 3.91. The number of aliphatic hydroxyl groups excluding tert-OH is 1. The highest BCUT2D eigenvalue weighted by Gasteiger charge is 2.27. The number of aliphatic hydroxyl groups is 1. The van der Waals surface area contributed by atoms with Crippen LogP contribution in [-0.2, 0) is 9.53 Å². The fourth-order valence-electron chi connectivity index (χ4n) is 1.16. The van der Waals surface area contributed by atoms with Gasteiger partial charge in [-0.2, -0.15) is 0 Å². The molecule has 0 aromatic heterocycles. The molecular weight excluding hydrogens is 158 g/mol. The lowest BCUT2D eigenvalue weighted by molar-refractivity contribution is -0.155. The molecule has 0 bridgehead atoms. The summed E-state index contributed by atoms with van der Waals surface area (Å²) in [4.78, 5) is 13.0. The Hall–Kier alpha value is -0.870. The van der Waals surface area contributed by atoms with E-state index in [0.717, 1.165) is 0 Å². The van der Waals surface area contributed by atoms with E-state index in [1.807, 2.05) is 0 Å². The van der Waals surface area contributed by atoms with E-state index in [2.05, 4.69) is 6.58 Å². The van der Waals surface area contributed by atoms with Crippen molar-refractivity contribution in [1.29, 1.82) is 0 Å². The largest absolute Gasteiger partial charge is 0.393 e. The molecule has 68 valence electrons. The van der Waals surface area contributed by atoms with Crippen molar-refractivity contribution in [3.05, 3.63) is 12.7 Å². The molecule has 1 aliphatic heterocycles. The standard InChI is InChI=1S/C8H13NO3/c1-2-3-9-4-5-12-7(6-10)8(9)11/h2,7,10H,1,3-6H2. The number of hydrogen-bond donors (Lipinski definition) is 1. The van der Waals surface area contributed by atoms with Gasteiger partial charge in [-0.3, -0.25) is 4.79 Å². The van der Waals surface area contributed by atoms with Gasteiger partial charge in [0.25, 0.3) is 5.91 Å². The molecular formula is C8H13NO3. The SMILES string of the molecule is C=CCN1CCOC(CO)C1=O. The van der Waals surface area contributed by atoms with Gasteiger partial charge in [0.1, 0.15) is 0 Å². The topological polar surface area (TPSA) is 49.8 Å². The number of rotatable bonds is 3. The molecule has 1 unspecified atom stereocenters. The van der Waals surface area contributed by atoms with Gasteiger partial charge in [-0.15, -0.1) is 6.58 Å². The lowest BCUT2D eigenvalue weighted by Crippen LogP contribution is -2.49. The molecule has 4 nitrogen and oxygen atoms in total. The van der Waals surface area contributed by atoms with Crippen molar-refractivity contribution in [3.63, 3.8) is 0 Å². The number of amides is 1. The number of nitrogens with zero attached hydrogens (tertiary/aromatic N) is 1. The second kappa shape index (κ2) is 4.23. The molecule has 0 aromatic rings. The Balaban J connectivity index is 2.52. The van der Waals surface area contributed by atoms with Crippen molar-refractivity contribution in [1.82, 2.24) is 4.90 Å². The van der Waals surface area contributed by atoms with Crippen LogP contribution < -0.4 is 0 Å². The molecule has 1 rings (SSSR count). The second-order valence-electron chi connectivity index (χ2n) is 2.61. The molecule has 0 spiro atoms. The summed E-state index contributed by atoms with van der Waals surface area (Å²) >= 11 is 0. The summed E-state index contributed by atoms with van der Waals surface area (Å²) in [6, 6.07) is 0. The summed E-state index contributed by atoms with van der Waals surface area (Å²) in [6.45, 7) is 4.90. The molecule has 1 fully saturated rings. The maximum atomic E-state index is 11.3. The third kappa shape index (κ3) is 1.84. The fourth-order valence-corrected chi connectivity index (χ4v) is 1.16. The van der Waals surface area contributed by atoms with Gasteiger partial charge in [-0.05, 0) is 0 Å². The van der Waals surface area contributed by atoms with Gasteiger partial charge in [0.2, 0.25) is 0 Å². The van der Waals surface area contributed by atoms with Crippen molar-refractivity contribution in [2.24, 2.45) is 0 Å². The first kappa shape index (κ1) is 9.22. The maximum Gasteiger partial charge on any atom is 0.254 e. The highest BCUT2D eigenvalue weighted by Crippen LogP contribution is 2.05. The van der Waals surface area contributed by atoms with E-state index in [4.69, 9.17) is 9.84 Å². The van der Waals surface area contributed by atoms with E-state index in [-0.39, 0.29) is 12.5 Å². The number of carbonyl (C=O) groups is 1. The van der Waals surface area contributed by atoms with Crippen LogP contribution in [0.25, 0.3) is 0 Å². The predicted octanol–water partition coefficient (Wildman–Crippen LogP) is -0.608. The van der Waals surface area contributed by atoms with Crippen LogP contribution in [0.2, 0.25) is 0 Å². The minimum atomic E-state index is -0.668. The van der Waals surface area contributed by atoms with E-state index >= 15 is 0 Å². The van der Waals surface area contributed by atoms with Crippen LogP contribution in [0.5, 0.6) is 0 Å². The van der Waals surface area contributed by atoms with E-state index in [1.54, 1.807) is 11.0 Å².